The van der Waals surface area contributed by atoms with E-state index in [1.165, 1.54) is 4.90 Å². The summed E-state index contributed by atoms with van der Waals surface area (Å²) in [6.45, 7) is 1.68. The second-order valence-electron chi connectivity index (χ2n) is 7.83. The SMILES string of the molecule is O=C(CN1C(=O)COc2ccccc21)N(Cc1ccc2c(c1)OCO2)CC1CCCO1. The summed E-state index contributed by atoms with van der Waals surface area (Å²) < 4.78 is 22.1. The highest BCUT2D eigenvalue weighted by molar-refractivity contribution is 6.02. The third kappa shape index (κ3) is 4.16. The van der Waals surface area contributed by atoms with E-state index in [-0.39, 0.29) is 37.9 Å². The van der Waals surface area contributed by atoms with E-state index < -0.39 is 0 Å². The molecule has 0 aliphatic carbocycles. The third-order valence-corrected chi connectivity index (χ3v) is 5.71. The number of amides is 2. The van der Waals surface area contributed by atoms with Gasteiger partial charge in [0.25, 0.3) is 5.91 Å². The Hall–Kier alpha value is -3.26. The number of carbonyl (C=O) groups excluding carboxylic acids is 2. The van der Waals surface area contributed by atoms with E-state index in [9.17, 15) is 9.59 Å². The van der Waals surface area contributed by atoms with Crippen LogP contribution in [0.3, 0.4) is 0 Å². The van der Waals surface area contributed by atoms with Crippen LogP contribution in [-0.2, 0) is 20.9 Å². The molecule has 0 aromatic heterocycles. The number of anilines is 1. The van der Waals surface area contributed by atoms with Crippen LogP contribution in [0.4, 0.5) is 5.69 Å². The zero-order chi connectivity index (χ0) is 21.2. The number of benzene rings is 2. The zero-order valence-electron chi connectivity index (χ0n) is 17.1. The van der Waals surface area contributed by atoms with Gasteiger partial charge in [0, 0.05) is 19.7 Å². The van der Waals surface area contributed by atoms with Crippen LogP contribution in [-0.4, -0.2) is 55.9 Å². The monoisotopic (exact) mass is 424 g/mol. The second kappa shape index (κ2) is 8.47. The van der Waals surface area contributed by atoms with Crippen molar-refractivity contribution in [3.05, 3.63) is 48.0 Å². The molecule has 0 N–H and O–H groups in total. The van der Waals surface area contributed by atoms with Gasteiger partial charge in [-0.2, -0.15) is 0 Å². The Morgan fingerprint density at radius 2 is 1.94 bits per heavy atom. The molecule has 1 saturated heterocycles. The fourth-order valence-electron chi connectivity index (χ4n) is 4.11. The van der Waals surface area contributed by atoms with Crippen molar-refractivity contribution >= 4 is 17.5 Å². The minimum absolute atomic E-state index is 0.00522. The van der Waals surface area contributed by atoms with Gasteiger partial charge >= 0.3 is 0 Å². The van der Waals surface area contributed by atoms with E-state index in [0.29, 0.717) is 42.6 Å². The lowest BCUT2D eigenvalue weighted by Crippen LogP contribution is -2.47. The Kier molecular flexibility index (Phi) is 5.38. The predicted octanol–water partition coefficient (Wildman–Crippen LogP) is 2.35. The molecule has 0 saturated carbocycles. The molecule has 8 heteroatoms. The number of ether oxygens (including phenoxy) is 4. The normalized spacial score (nSPS) is 19.2. The molecule has 5 rings (SSSR count). The van der Waals surface area contributed by atoms with Crippen molar-refractivity contribution in [2.24, 2.45) is 0 Å². The summed E-state index contributed by atoms with van der Waals surface area (Å²) in [7, 11) is 0. The number of nitrogens with zero attached hydrogens (tertiary/aromatic N) is 2. The maximum Gasteiger partial charge on any atom is 0.265 e. The summed E-state index contributed by atoms with van der Waals surface area (Å²) in [5, 5.41) is 0. The van der Waals surface area contributed by atoms with Crippen LogP contribution in [0.5, 0.6) is 17.2 Å². The van der Waals surface area contributed by atoms with Crippen LogP contribution in [0.2, 0.25) is 0 Å². The quantitative estimate of drug-likeness (QED) is 0.709. The zero-order valence-corrected chi connectivity index (χ0v) is 17.1. The van der Waals surface area contributed by atoms with Crippen molar-refractivity contribution in [3.63, 3.8) is 0 Å². The highest BCUT2D eigenvalue weighted by atomic mass is 16.7. The fraction of sp³-hybridized carbons (Fsp3) is 0.391. The molecule has 8 nitrogen and oxygen atoms in total. The van der Waals surface area contributed by atoms with Gasteiger partial charge in [0.1, 0.15) is 12.3 Å². The molecule has 1 atom stereocenters. The van der Waals surface area contributed by atoms with E-state index in [2.05, 4.69) is 0 Å². The van der Waals surface area contributed by atoms with Gasteiger partial charge in [-0.3, -0.25) is 14.5 Å². The number of rotatable bonds is 6. The average Bonchev–Trinajstić information content (AvgIpc) is 3.47. The largest absolute Gasteiger partial charge is 0.482 e. The first-order valence-corrected chi connectivity index (χ1v) is 10.5. The number of fused-ring (bicyclic) bond motifs is 2. The van der Waals surface area contributed by atoms with Crippen LogP contribution in [0.1, 0.15) is 18.4 Å². The first-order chi connectivity index (χ1) is 15.2. The molecule has 2 amide bonds. The molecular formula is C23H24N2O6. The first-order valence-electron chi connectivity index (χ1n) is 10.5. The van der Waals surface area contributed by atoms with E-state index in [4.69, 9.17) is 18.9 Å². The molecule has 162 valence electrons. The topological polar surface area (TPSA) is 77.5 Å². The Morgan fingerprint density at radius 3 is 2.81 bits per heavy atom. The molecule has 0 bridgehead atoms. The van der Waals surface area contributed by atoms with Gasteiger partial charge in [0.05, 0.1) is 11.8 Å². The molecule has 3 heterocycles. The van der Waals surface area contributed by atoms with Crippen LogP contribution >= 0.6 is 0 Å². The summed E-state index contributed by atoms with van der Waals surface area (Å²) in [6.07, 6.45) is 1.92. The number of hydrogen-bond donors (Lipinski definition) is 0. The van der Waals surface area contributed by atoms with Crippen LogP contribution in [0.25, 0.3) is 0 Å². The molecule has 2 aromatic carbocycles. The number of para-hydroxylation sites is 2. The molecule has 0 radical (unpaired) electrons. The minimum atomic E-state index is -0.229. The summed E-state index contributed by atoms with van der Waals surface area (Å²) >= 11 is 0. The lowest BCUT2D eigenvalue weighted by Gasteiger charge is -2.32. The Balaban J connectivity index is 1.36. The van der Waals surface area contributed by atoms with Gasteiger partial charge in [-0.05, 0) is 42.7 Å². The smallest absolute Gasteiger partial charge is 0.265 e. The van der Waals surface area contributed by atoms with Crippen molar-refractivity contribution in [1.29, 1.82) is 0 Å². The van der Waals surface area contributed by atoms with Crippen molar-refractivity contribution in [2.75, 3.05) is 38.0 Å². The summed E-state index contributed by atoms with van der Waals surface area (Å²) in [5.41, 5.74) is 1.55. The third-order valence-electron chi connectivity index (χ3n) is 5.71. The molecule has 0 spiro atoms. The highest BCUT2D eigenvalue weighted by Crippen LogP contribution is 2.34. The predicted molar refractivity (Wildman–Crippen MR) is 111 cm³/mol. The van der Waals surface area contributed by atoms with Crippen molar-refractivity contribution in [1.82, 2.24) is 4.90 Å². The second-order valence-corrected chi connectivity index (χ2v) is 7.83. The first kappa shape index (κ1) is 19.7. The molecule has 3 aliphatic rings. The molecule has 1 fully saturated rings. The number of carbonyl (C=O) groups is 2. The molecule has 3 aliphatic heterocycles. The summed E-state index contributed by atoms with van der Waals surface area (Å²) in [5.74, 6) is 1.62. The lowest BCUT2D eigenvalue weighted by molar-refractivity contribution is -0.133. The van der Waals surface area contributed by atoms with Crippen molar-refractivity contribution < 1.29 is 28.5 Å². The van der Waals surface area contributed by atoms with Crippen molar-refractivity contribution in [2.45, 2.75) is 25.5 Å². The van der Waals surface area contributed by atoms with E-state index in [1.54, 1.807) is 17.0 Å². The maximum absolute atomic E-state index is 13.4. The van der Waals surface area contributed by atoms with E-state index in [1.807, 2.05) is 30.3 Å². The molecule has 1 unspecified atom stereocenters. The van der Waals surface area contributed by atoms with Crippen LogP contribution in [0.15, 0.2) is 42.5 Å². The highest BCUT2D eigenvalue weighted by Gasteiger charge is 2.30. The average molecular weight is 424 g/mol. The Morgan fingerprint density at radius 1 is 1.06 bits per heavy atom. The standard InChI is InChI=1S/C23H24N2O6/c26-22(13-25-18-5-1-2-6-19(18)29-14-23(25)27)24(12-17-4-3-9-28-17)11-16-7-8-20-21(10-16)31-15-30-20/h1-2,5-8,10,17H,3-4,9,11-15H2. The molecular weight excluding hydrogens is 400 g/mol. The van der Waals surface area contributed by atoms with Crippen LogP contribution < -0.4 is 19.1 Å². The van der Waals surface area contributed by atoms with Gasteiger partial charge in [0.15, 0.2) is 18.1 Å². The Bertz CT molecular complexity index is 988. The van der Waals surface area contributed by atoms with Crippen LogP contribution in [0, 0.1) is 0 Å². The number of hydrogen-bond acceptors (Lipinski definition) is 6. The van der Waals surface area contributed by atoms with Gasteiger partial charge in [-0.1, -0.05) is 18.2 Å². The summed E-state index contributed by atoms with van der Waals surface area (Å²) in [4.78, 5) is 29.2. The van der Waals surface area contributed by atoms with Gasteiger partial charge < -0.3 is 23.8 Å². The minimum Gasteiger partial charge on any atom is -0.482 e. The maximum atomic E-state index is 13.4. The van der Waals surface area contributed by atoms with Gasteiger partial charge in [-0.15, -0.1) is 0 Å². The molecule has 31 heavy (non-hydrogen) atoms. The van der Waals surface area contributed by atoms with Gasteiger partial charge in [0.2, 0.25) is 12.7 Å². The summed E-state index contributed by atoms with van der Waals surface area (Å²) in [6, 6.07) is 12.9. The van der Waals surface area contributed by atoms with E-state index in [0.717, 1.165) is 18.4 Å². The van der Waals surface area contributed by atoms with Crippen molar-refractivity contribution in [3.8, 4) is 17.2 Å². The van der Waals surface area contributed by atoms with Gasteiger partial charge in [-0.25, -0.2) is 0 Å². The fourth-order valence-corrected chi connectivity index (χ4v) is 4.11. The van der Waals surface area contributed by atoms with E-state index >= 15 is 0 Å². The Labute approximate surface area is 180 Å². The molecule has 2 aromatic rings. The lowest BCUT2D eigenvalue weighted by atomic mass is 10.1.